The molecule has 1 saturated heterocycles. The number of nitrogens with zero attached hydrogens (tertiary/aromatic N) is 1. The quantitative estimate of drug-likeness (QED) is 0.628. The number of hydrogen-bond donors (Lipinski definition) is 1. The number of aliphatic hydroxyl groups is 1. The summed E-state index contributed by atoms with van der Waals surface area (Å²) in [6, 6.07) is 3.40. The summed E-state index contributed by atoms with van der Waals surface area (Å²) in [5.41, 5.74) is 2.04. The van der Waals surface area contributed by atoms with E-state index in [1.54, 1.807) is 4.90 Å². The van der Waals surface area contributed by atoms with Gasteiger partial charge in [-0.2, -0.15) is 0 Å². The molecule has 1 fully saturated rings. The predicted octanol–water partition coefficient (Wildman–Crippen LogP) is 3.80. The van der Waals surface area contributed by atoms with Gasteiger partial charge in [-0.1, -0.05) is 26.7 Å². The zero-order valence-corrected chi connectivity index (χ0v) is 16.7. The Morgan fingerprint density at radius 1 is 1.17 bits per heavy atom. The Morgan fingerprint density at radius 2 is 1.65 bits per heavy atom. The predicted molar refractivity (Wildman–Crippen MR) is 97.0 cm³/mol. The number of amides is 1. The minimum Gasteiger partial charge on any atom is -0.444 e. The van der Waals surface area contributed by atoms with Crippen LogP contribution in [0.1, 0.15) is 54.4 Å². The number of carbonyl (C=O) groups excluding carboxylic acids is 1. The van der Waals surface area contributed by atoms with E-state index in [9.17, 15) is 9.90 Å². The summed E-state index contributed by atoms with van der Waals surface area (Å²) in [7, 11) is -1.55. The van der Waals surface area contributed by atoms with Gasteiger partial charge in [0.05, 0.1) is 0 Å². The molecule has 5 heteroatoms. The largest absolute Gasteiger partial charge is 0.444 e. The van der Waals surface area contributed by atoms with Gasteiger partial charge in [-0.3, -0.25) is 0 Å². The van der Waals surface area contributed by atoms with Gasteiger partial charge in [0.25, 0.3) is 0 Å². The van der Waals surface area contributed by atoms with Crippen LogP contribution >= 0.6 is 0 Å². The lowest BCUT2D eigenvalue weighted by Gasteiger charge is -2.36. The second-order valence-electron chi connectivity index (χ2n) is 7.59. The Kier molecular flexibility index (Phi) is 6.73. The molecule has 0 atom stereocenters. The molecule has 1 amide bonds. The van der Waals surface area contributed by atoms with E-state index in [0.29, 0.717) is 25.9 Å². The van der Waals surface area contributed by atoms with Gasteiger partial charge < -0.3 is 14.7 Å². The van der Waals surface area contributed by atoms with Crippen LogP contribution in [-0.2, 0) is 4.74 Å². The fraction of sp³-hybridized carbons (Fsp3) is 0.833. The van der Waals surface area contributed by atoms with E-state index in [1.807, 2.05) is 20.8 Å². The molecule has 1 N–H and O–H groups in total. The first-order valence-electron chi connectivity index (χ1n) is 8.83. The molecule has 1 rings (SSSR count). The molecule has 23 heavy (non-hydrogen) atoms. The highest BCUT2D eigenvalue weighted by Crippen LogP contribution is 2.25. The SMILES string of the molecule is CC[Si](C#CC1(O)CCN(C(=O)OC(C)(C)C)CC1)(CC)CC. The van der Waals surface area contributed by atoms with Gasteiger partial charge in [0.1, 0.15) is 19.3 Å². The van der Waals surface area contributed by atoms with Crippen LogP contribution in [0.5, 0.6) is 0 Å². The van der Waals surface area contributed by atoms with Crippen molar-refractivity contribution < 1.29 is 14.6 Å². The van der Waals surface area contributed by atoms with Crippen LogP contribution < -0.4 is 0 Å². The smallest absolute Gasteiger partial charge is 0.410 e. The number of rotatable bonds is 3. The standard InChI is InChI=1S/C18H33NO3Si/c1-7-23(8-2,9-3)15-12-18(21)10-13-19(14-11-18)16(20)22-17(4,5)6/h21H,7-11,13-14H2,1-6H3. The van der Waals surface area contributed by atoms with E-state index in [1.165, 1.54) is 0 Å². The van der Waals surface area contributed by atoms with Gasteiger partial charge in [-0.05, 0) is 38.9 Å². The topological polar surface area (TPSA) is 49.8 Å². The van der Waals surface area contributed by atoms with E-state index in [0.717, 1.165) is 18.1 Å². The molecule has 0 saturated carbocycles. The molecule has 0 aromatic rings. The van der Waals surface area contributed by atoms with Crippen LogP contribution in [0.4, 0.5) is 4.79 Å². The molecular formula is C18H33NO3Si. The number of likely N-dealkylation sites (tertiary alicyclic amines) is 1. The Bertz CT molecular complexity index is 453. The summed E-state index contributed by atoms with van der Waals surface area (Å²) in [5, 5.41) is 10.7. The minimum absolute atomic E-state index is 0.299. The van der Waals surface area contributed by atoms with Crippen molar-refractivity contribution in [2.24, 2.45) is 0 Å². The molecule has 132 valence electrons. The Labute approximate surface area is 142 Å². The summed E-state index contributed by atoms with van der Waals surface area (Å²) < 4.78 is 5.39. The van der Waals surface area contributed by atoms with Crippen LogP contribution in [0.25, 0.3) is 0 Å². The van der Waals surface area contributed by atoms with Gasteiger partial charge in [-0.25, -0.2) is 4.79 Å². The molecule has 0 aliphatic carbocycles. The van der Waals surface area contributed by atoms with Crippen molar-refractivity contribution in [1.82, 2.24) is 4.90 Å². The Morgan fingerprint density at radius 3 is 2.04 bits per heavy atom. The summed E-state index contributed by atoms with van der Waals surface area (Å²) in [6.45, 7) is 13.2. The molecule has 1 heterocycles. The second kappa shape index (κ2) is 7.72. The van der Waals surface area contributed by atoms with Crippen LogP contribution in [0.15, 0.2) is 0 Å². The average molecular weight is 340 g/mol. The number of piperidine rings is 1. The minimum atomic E-state index is -1.55. The normalized spacial score (nSPS) is 18.1. The fourth-order valence-corrected chi connectivity index (χ4v) is 5.30. The summed E-state index contributed by atoms with van der Waals surface area (Å²) in [6.07, 6.45) is 0.703. The van der Waals surface area contributed by atoms with Gasteiger partial charge in [0.15, 0.2) is 0 Å². The first-order chi connectivity index (χ1) is 10.6. The monoisotopic (exact) mass is 339 g/mol. The van der Waals surface area contributed by atoms with Crippen molar-refractivity contribution in [1.29, 1.82) is 0 Å². The van der Waals surface area contributed by atoms with Gasteiger partial charge in [0.2, 0.25) is 0 Å². The van der Waals surface area contributed by atoms with Crippen molar-refractivity contribution >= 4 is 14.2 Å². The van der Waals surface area contributed by atoms with Gasteiger partial charge in [-0.15, -0.1) is 5.54 Å². The maximum atomic E-state index is 12.1. The second-order valence-corrected chi connectivity index (χ2v) is 12.5. The van der Waals surface area contributed by atoms with Crippen molar-refractivity contribution in [3.63, 3.8) is 0 Å². The Hall–Kier alpha value is -0.993. The molecule has 0 bridgehead atoms. The molecule has 0 radical (unpaired) electrons. The first kappa shape index (κ1) is 20.1. The van der Waals surface area contributed by atoms with E-state index >= 15 is 0 Å². The van der Waals surface area contributed by atoms with Gasteiger partial charge >= 0.3 is 6.09 Å². The third-order valence-corrected chi connectivity index (χ3v) is 9.55. The number of carbonyl (C=O) groups is 1. The number of ether oxygens (including phenoxy) is 1. The third kappa shape index (κ3) is 5.85. The zero-order chi connectivity index (χ0) is 17.7. The highest BCUT2D eigenvalue weighted by molar-refractivity contribution is 6.87. The van der Waals surface area contributed by atoms with Crippen molar-refractivity contribution in [3.05, 3.63) is 0 Å². The van der Waals surface area contributed by atoms with Crippen molar-refractivity contribution in [2.45, 2.75) is 83.7 Å². The highest BCUT2D eigenvalue weighted by atomic mass is 28.3. The summed E-state index contributed by atoms with van der Waals surface area (Å²) >= 11 is 0. The van der Waals surface area contributed by atoms with E-state index in [-0.39, 0.29) is 6.09 Å². The van der Waals surface area contributed by atoms with Crippen molar-refractivity contribution in [2.75, 3.05) is 13.1 Å². The van der Waals surface area contributed by atoms with Crippen LogP contribution in [0.2, 0.25) is 18.1 Å². The van der Waals surface area contributed by atoms with E-state index < -0.39 is 19.3 Å². The van der Waals surface area contributed by atoms with Gasteiger partial charge in [0, 0.05) is 25.9 Å². The summed E-state index contributed by atoms with van der Waals surface area (Å²) in [4.78, 5) is 13.7. The molecular weight excluding hydrogens is 306 g/mol. The lowest BCUT2D eigenvalue weighted by atomic mass is 9.93. The fourth-order valence-electron chi connectivity index (χ4n) is 2.77. The van der Waals surface area contributed by atoms with E-state index in [4.69, 9.17) is 4.74 Å². The molecule has 4 nitrogen and oxygen atoms in total. The molecule has 0 unspecified atom stereocenters. The van der Waals surface area contributed by atoms with Crippen LogP contribution in [-0.4, -0.2) is 48.5 Å². The molecule has 0 aromatic heterocycles. The average Bonchev–Trinajstić information content (AvgIpc) is 2.48. The summed E-state index contributed by atoms with van der Waals surface area (Å²) in [5.74, 6) is 3.19. The van der Waals surface area contributed by atoms with E-state index in [2.05, 4.69) is 32.2 Å². The molecule has 0 spiro atoms. The van der Waals surface area contributed by atoms with Crippen molar-refractivity contribution in [3.8, 4) is 11.5 Å². The van der Waals surface area contributed by atoms with Crippen LogP contribution in [0, 0.1) is 11.5 Å². The molecule has 1 aliphatic heterocycles. The molecule has 1 aliphatic rings. The maximum absolute atomic E-state index is 12.1. The first-order valence-corrected chi connectivity index (χ1v) is 11.5. The third-order valence-electron chi connectivity index (χ3n) is 4.83. The Balaban J connectivity index is 2.69. The molecule has 0 aromatic carbocycles. The lowest BCUT2D eigenvalue weighted by Crippen LogP contribution is -2.47. The lowest BCUT2D eigenvalue weighted by molar-refractivity contribution is -0.00512. The zero-order valence-electron chi connectivity index (χ0n) is 15.7. The highest BCUT2D eigenvalue weighted by Gasteiger charge is 2.35. The van der Waals surface area contributed by atoms with Crippen LogP contribution in [0.3, 0.4) is 0 Å². The number of hydrogen-bond acceptors (Lipinski definition) is 3. The maximum Gasteiger partial charge on any atom is 0.410 e.